The predicted molar refractivity (Wildman–Crippen MR) is 83.2 cm³/mol. The summed E-state index contributed by atoms with van der Waals surface area (Å²) in [6.07, 6.45) is 5.54. The molecule has 4 heteroatoms. The second kappa shape index (κ2) is 7.03. The summed E-state index contributed by atoms with van der Waals surface area (Å²) in [5.41, 5.74) is 2.46. The molecule has 0 radical (unpaired) electrons. The molecule has 1 heterocycles. The van der Waals surface area contributed by atoms with Gasteiger partial charge in [0.15, 0.2) is 0 Å². The summed E-state index contributed by atoms with van der Waals surface area (Å²) >= 11 is 0. The van der Waals surface area contributed by atoms with Crippen LogP contribution in [0.2, 0.25) is 0 Å². The highest BCUT2D eigenvalue weighted by Crippen LogP contribution is 2.14. The van der Waals surface area contributed by atoms with Crippen molar-refractivity contribution in [3.8, 4) is 0 Å². The van der Waals surface area contributed by atoms with Crippen LogP contribution in [0.3, 0.4) is 0 Å². The van der Waals surface area contributed by atoms with E-state index >= 15 is 0 Å². The first-order chi connectivity index (χ1) is 9.69. The minimum atomic E-state index is 0.304. The van der Waals surface area contributed by atoms with E-state index in [0.29, 0.717) is 6.04 Å². The fourth-order valence-corrected chi connectivity index (χ4v) is 2.15. The number of rotatable bonds is 7. The van der Waals surface area contributed by atoms with Crippen molar-refractivity contribution in [1.29, 1.82) is 0 Å². The Morgan fingerprint density at radius 3 is 2.70 bits per heavy atom. The highest BCUT2D eigenvalue weighted by molar-refractivity contribution is 5.21. The molecular formula is C16H22N4. The maximum atomic E-state index is 4.19. The fourth-order valence-electron chi connectivity index (χ4n) is 2.15. The van der Waals surface area contributed by atoms with Crippen LogP contribution in [0.4, 0.5) is 0 Å². The van der Waals surface area contributed by atoms with E-state index in [1.54, 1.807) is 10.9 Å². The van der Waals surface area contributed by atoms with E-state index in [1.165, 1.54) is 5.56 Å². The van der Waals surface area contributed by atoms with Crippen molar-refractivity contribution >= 4 is 6.20 Å². The Morgan fingerprint density at radius 2 is 2.10 bits per heavy atom. The Morgan fingerprint density at radius 1 is 1.35 bits per heavy atom. The Balaban J connectivity index is 2.02. The van der Waals surface area contributed by atoms with Gasteiger partial charge in [-0.3, -0.25) is 0 Å². The highest BCUT2D eigenvalue weighted by Gasteiger charge is 2.12. The first-order valence-corrected chi connectivity index (χ1v) is 6.77. The topological polar surface area (TPSA) is 33.1 Å². The molecule has 0 aliphatic rings. The quantitative estimate of drug-likeness (QED) is 0.838. The second-order valence-corrected chi connectivity index (χ2v) is 5.12. The van der Waals surface area contributed by atoms with Crippen molar-refractivity contribution in [1.82, 2.24) is 20.0 Å². The largest absolute Gasteiger partial charge is 0.308 e. The molecule has 0 aliphatic heterocycles. The minimum Gasteiger partial charge on any atom is -0.308 e. The van der Waals surface area contributed by atoms with Crippen molar-refractivity contribution in [2.45, 2.75) is 12.6 Å². The molecule has 1 unspecified atom stereocenters. The van der Waals surface area contributed by atoms with Crippen LogP contribution < -0.4 is 5.32 Å². The van der Waals surface area contributed by atoms with Gasteiger partial charge in [0, 0.05) is 37.1 Å². The van der Waals surface area contributed by atoms with Crippen LogP contribution in [0, 0.1) is 0 Å². The van der Waals surface area contributed by atoms with Gasteiger partial charge in [-0.15, -0.1) is 0 Å². The smallest absolute Gasteiger partial charge is 0.0538 e. The third kappa shape index (κ3) is 4.05. The van der Waals surface area contributed by atoms with Crippen molar-refractivity contribution in [2.75, 3.05) is 20.6 Å². The molecule has 1 aromatic heterocycles. The summed E-state index contributed by atoms with van der Waals surface area (Å²) in [6.45, 7) is 5.45. The molecule has 1 N–H and O–H groups in total. The standard InChI is InChI=1S/C16H22N4/c1-4-20-12-14(11-18-20)10-17-16(13-19(2)3)15-8-6-5-7-9-15/h4-9,11-12,16-17H,1,10,13H2,2-3H3. The molecule has 0 fully saturated rings. The van der Waals surface area contributed by atoms with Crippen molar-refractivity contribution in [3.05, 3.63) is 60.4 Å². The average molecular weight is 270 g/mol. The summed E-state index contributed by atoms with van der Waals surface area (Å²) in [5, 5.41) is 7.79. The SMILES string of the molecule is C=Cn1cc(CNC(CN(C)C)c2ccccc2)cn1. The van der Waals surface area contributed by atoms with Crippen LogP contribution in [0.5, 0.6) is 0 Å². The molecule has 0 spiro atoms. The van der Waals surface area contributed by atoms with E-state index in [1.807, 2.05) is 18.5 Å². The van der Waals surface area contributed by atoms with Gasteiger partial charge in [0.2, 0.25) is 0 Å². The normalized spacial score (nSPS) is 12.6. The molecule has 0 saturated carbocycles. The highest BCUT2D eigenvalue weighted by atomic mass is 15.2. The molecule has 20 heavy (non-hydrogen) atoms. The van der Waals surface area contributed by atoms with Gasteiger partial charge in [-0.25, -0.2) is 4.68 Å². The molecule has 2 aromatic rings. The zero-order valence-electron chi connectivity index (χ0n) is 12.2. The van der Waals surface area contributed by atoms with E-state index in [9.17, 15) is 0 Å². The van der Waals surface area contributed by atoms with Crippen molar-refractivity contribution < 1.29 is 0 Å². The Hall–Kier alpha value is -1.91. The first-order valence-electron chi connectivity index (χ1n) is 6.77. The van der Waals surface area contributed by atoms with E-state index < -0.39 is 0 Å². The molecule has 1 aromatic carbocycles. The van der Waals surface area contributed by atoms with Crippen LogP contribution >= 0.6 is 0 Å². The number of hydrogen-bond acceptors (Lipinski definition) is 3. The molecule has 2 rings (SSSR count). The molecule has 0 amide bonds. The predicted octanol–water partition coefficient (Wildman–Crippen LogP) is 2.38. The van der Waals surface area contributed by atoms with Gasteiger partial charge in [-0.05, 0) is 19.7 Å². The van der Waals surface area contributed by atoms with Crippen LogP contribution in [0.1, 0.15) is 17.2 Å². The summed E-state index contributed by atoms with van der Waals surface area (Å²) in [4.78, 5) is 2.19. The van der Waals surface area contributed by atoms with Crippen LogP contribution in [-0.4, -0.2) is 35.3 Å². The third-order valence-electron chi connectivity index (χ3n) is 3.14. The summed E-state index contributed by atoms with van der Waals surface area (Å²) in [7, 11) is 4.18. The molecular weight excluding hydrogens is 248 g/mol. The Labute approximate surface area is 120 Å². The minimum absolute atomic E-state index is 0.304. The van der Waals surface area contributed by atoms with E-state index in [2.05, 4.69) is 60.3 Å². The van der Waals surface area contributed by atoms with Gasteiger partial charge in [0.05, 0.1) is 6.20 Å². The average Bonchev–Trinajstić information content (AvgIpc) is 2.92. The second-order valence-electron chi connectivity index (χ2n) is 5.12. The number of benzene rings is 1. The maximum Gasteiger partial charge on any atom is 0.0538 e. The number of nitrogens with one attached hydrogen (secondary N) is 1. The zero-order chi connectivity index (χ0) is 14.4. The lowest BCUT2D eigenvalue weighted by molar-refractivity contribution is 0.340. The summed E-state index contributed by atoms with van der Waals surface area (Å²) in [6, 6.07) is 10.8. The van der Waals surface area contributed by atoms with Gasteiger partial charge in [0.1, 0.15) is 0 Å². The summed E-state index contributed by atoms with van der Waals surface area (Å²) in [5.74, 6) is 0. The van der Waals surface area contributed by atoms with Gasteiger partial charge in [0.25, 0.3) is 0 Å². The Kier molecular flexibility index (Phi) is 5.09. The number of nitrogens with zero attached hydrogens (tertiary/aromatic N) is 3. The molecule has 0 aliphatic carbocycles. The summed E-state index contributed by atoms with van der Waals surface area (Å²) < 4.78 is 1.72. The molecule has 1 atom stereocenters. The van der Waals surface area contributed by atoms with E-state index in [4.69, 9.17) is 0 Å². The van der Waals surface area contributed by atoms with Crippen molar-refractivity contribution in [2.24, 2.45) is 0 Å². The molecule has 0 saturated heterocycles. The lowest BCUT2D eigenvalue weighted by atomic mass is 10.1. The third-order valence-corrected chi connectivity index (χ3v) is 3.14. The van der Waals surface area contributed by atoms with Crippen LogP contribution in [-0.2, 0) is 6.54 Å². The van der Waals surface area contributed by atoms with Gasteiger partial charge >= 0.3 is 0 Å². The first kappa shape index (κ1) is 14.5. The Bertz CT molecular complexity index is 530. The van der Waals surface area contributed by atoms with E-state index in [-0.39, 0.29) is 0 Å². The molecule has 106 valence electrons. The van der Waals surface area contributed by atoms with Gasteiger partial charge in [-0.2, -0.15) is 5.10 Å². The number of hydrogen-bond donors (Lipinski definition) is 1. The zero-order valence-corrected chi connectivity index (χ0v) is 12.2. The van der Waals surface area contributed by atoms with Crippen molar-refractivity contribution in [3.63, 3.8) is 0 Å². The van der Waals surface area contributed by atoms with Gasteiger partial charge < -0.3 is 10.2 Å². The van der Waals surface area contributed by atoms with Crippen LogP contribution in [0.15, 0.2) is 49.3 Å². The molecule has 4 nitrogen and oxygen atoms in total. The number of aromatic nitrogens is 2. The maximum absolute atomic E-state index is 4.19. The lowest BCUT2D eigenvalue weighted by Gasteiger charge is -2.22. The number of likely N-dealkylation sites (N-methyl/N-ethyl adjacent to an activating group) is 1. The van der Waals surface area contributed by atoms with E-state index in [0.717, 1.165) is 18.7 Å². The van der Waals surface area contributed by atoms with Crippen LogP contribution in [0.25, 0.3) is 6.20 Å². The fraction of sp³-hybridized carbons (Fsp3) is 0.312. The monoisotopic (exact) mass is 270 g/mol. The molecule has 0 bridgehead atoms. The lowest BCUT2D eigenvalue weighted by Crippen LogP contribution is -2.30. The van der Waals surface area contributed by atoms with Gasteiger partial charge in [-0.1, -0.05) is 36.9 Å².